The van der Waals surface area contributed by atoms with E-state index in [-0.39, 0.29) is 17.7 Å². The SMILES string of the molecule is Cc1ccc(C(=O)Nc2nc3c(s2)CCC3C(=O)NCCC2=CCCCC2)cc1. The molecule has 152 valence electrons. The van der Waals surface area contributed by atoms with Crippen molar-refractivity contribution in [1.82, 2.24) is 10.3 Å². The number of thiazole rings is 1. The molecule has 2 N–H and O–H groups in total. The largest absolute Gasteiger partial charge is 0.355 e. The van der Waals surface area contributed by atoms with Gasteiger partial charge in [0.15, 0.2) is 5.13 Å². The van der Waals surface area contributed by atoms with Crippen LogP contribution in [0, 0.1) is 6.92 Å². The summed E-state index contributed by atoms with van der Waals surface area (Å²) in [7, 11) is 0. The van der Waals surface area contributed by atoms with Gasteiger partial charge in [0.05, 0.1) is 11.6 Å². The molecule has 0 aliphatic heterocycles. The number of nitrogens with zero attached hydrogens (tertiary/aromatic N) is 1. The van der Waals surface area contributed by atoms with E-state index < -0.39 is 0 Å². The molecule has 4 rings (SSSR count). The number of fused-ring (bicyclic) bond motifs is 1. The van der Waals surface area contributed by atoms with Crippen molar-refractivity contribution in [2.24, 2.45) is 0 Å². The molecule has 1 aromatic heterocycles. The van der Waals surface area contributed by atoms with Crippen molar-refractivity contribution >= 4 is 28.3 Å². The van der Waals surface area contributed by atoms with Gasteiger partial charge in [0.25, 0.3) is 5.91 Å². The lowest BCUT2D eigenvalue weighted by Crippen LogP contribution is -2.29. The average molecular weight is 410 g/mol. The van der Waals surface area contributed by atoms with E-state index in [9.17, 15) is 9.59 Å². The Kier molecular flexibility index (Phi) is 6.09. The number of benzene rings is 1. The fraction of sp³-hybridized carbons (Fsp3) is 0.435. The number of allylic oxidation sites excluding steroid dienone is 1. The number of hydrogen-bond acceptors (Lipinski definition) is 4. The van der Waals surface area contributed by atoms with Gasteiger partial charge in [0.2, 0.25) is 5.91 Å². The van der Waals surface area contributed by atoms with Gasteiger partial charge < -0.3 is 5.32 Å². The lowest BCUT2D eigenvalue weighted by atomic mass is 9.97. The number of aromatic nitrogens is 1. The van der Waals surface area contributed by atoms with Gasteiger partial charge in [0, 0.05) is 17.0 Å². The first kappa shape index (κ1) is 19.8. The topological polar surface area (TPSA) is 71.1 Å². The number of carbonyl (C=O) groups excluding carboxylic acids is 2. The highest BCUT2D eigenvalue weighted by Gasteiger charge is 2.32. The molecule has 2 aromatic rings. The van der Waals surface area contributed by atoms with Crippen LogP contribution in [0.5, 0.6) is 0 Å². The van der Waals surface area contributed by atoms with Crippen LogP contribution in [-0.2, 0) is 11.2 Å². The van der Waals surface area contributed by atoms with Crippen LogP contribution in [0.1, 0.15) is 70.9 Å². The van der Waals surface area contributed by atoms with Crippen molar-refractivity contribution in [3.63, 3.8) is 0 Å². The van der Waals surface area contributed by atoms with E-state index in [0.29, 0.717) is 17.2 Å². The summed E-state index contributed by atoms with van der Waals surface area (Å²) in [5.41, 5.74) is 4.03. The van der Waals surface area contributed by atoms with Gasteiger partial charge in [-0.1, -0.05) is 29.3 Å². The molecule has 2 amide bonds. The number of carbonyl (C=O) groups is 2. The molecule has 6 heteroatoms. The van der Waals surface area contributed by atoms with Crippen LogP contribution < -0.4 is 10.6 Å². The molecule has 2 aliphatic rings. The number of aryl methyl sites for hydroxylation is 2. The van der Waals surface area contributed by atoms with Gasteiger partial charge in [-0.2, -0.15) is 0 Å². The predicted octanol–water partition coefficient (Wildman–Crippen LogP) is 4.74. The molecule has 1 unspecified atom stereocenters. The maximum Gasteiger partial charge on any atom is 0.257 e. The monoisotopic (exact) mass is 409 g/mol. The van der Waals surface area contributed by atoms with Gasteiger partial charge in [-0.3, -0.25) is 14.9 Å². The maximum absolute atomic E-state index is 12.7. The first-order valence-corrected chi connectivity index (χ1v) is 11.2. The molecule has 0 radical (unpaired) electrons. The van der Waals surface area contributed by atoms with Gasteiger partial charge in [-0.15, -0.1) is 11.3 Å². The van der Waals surface area contributed by atoms with Crippen molar-refractivity contribution in [3.8, 4) is 0 Å². The summed E-state index contributed by atoms with van der Waals surface area (Å²) in [6.07, 6.45) is 9.80. The predicted molar refractivity (Wildman–Crippen MR) is 116 cm³/mol. The van der Waals surface area contributed by atoms with Crippen LogP contribution in [0.15, 0.2) is 35.9 Å². The van der Waals surface area contributed by atoms with Crippen molar-refractivity contribution in [2.75, 3.05) is 11.9 Å². The number of anilines is 1. The van der Waals surface area contributed by atoms with E-state index in [2.05, 4.69) is 21.7 Å². The van der Waals surface area contributed by atoms with Crippen molar-refractivity contribution in [3.05, 3.63) is 57.6 Å². The van der Waals surface area contributed by atoms with E-state index in [0.717, 1.165) is 35.4 Å². The Balaban J connectivity index is 1.34. The van der Waals surface area contributed by atoms with E-state index in [4.69, 9.17) is 0 Å². The standard InChI is InChI=1S/C23H27N3O2S/c1-15-7-9-17(10-8-15)21(27)26-23-25-20-18(11-12-19(20)29-23)22(28)24-14-13-16-5-3-2-4-6-16/h5,7-10,18H,2-4,6,11-14H2,1H3,(H,24,28)(H,25,26,27). The van der Waals surface area contributed by atoms with Crippen LogP contribution in [0.2, 0.25) is 0 Å². The van der Waals surface area contributed by atoms with Crippen molar-refractivity contribution in [2.45, 2.75) is 57.8 Å². The molecule has 29 heavy (non-hydrogen) atoms. The highest BCUT2D eigenvalue weighted by molar-refractivity contribution is 7.16. The summed E-state index contributed by atoms with van der Waals surface area (Å²) in [5.74, 6) is -0.312. The average Bonchev–Trinajstić information content (AvgIpc) is 3.29. The van der Waals surface area contributed by atoms with Crippen LogP contribution in [0.4, 0.5) is 5.13 Å². The molecule has 0 saturated carbocycles. The summed E-state index contributed by atoms with van der Waals surface area (Å²) in [4.78, 5) is 30.8. The third-order valence-corrected chi connectivity index (χ3v) is 6.75. The Labute approximate surface area is 175 Å². The number of amides is 2. The summed E-state index contributed by atoms with van der Waals surface area (Å²) >= 11 is 1.48. The highest BCUT2D eigenvalue weighted by atomic mass is 32.1. The number of rotatable bonds is 6. The Morgan fingerprint density at radius 3 is 2.76 bits per heavy atom. The molecular weight excluding hydrogens is 382 g/mol. The van der Waals surface area contributed by atoms with Gasteiger partial charge in [-0.05, 0) is 64.0 Å². The van der Waals surface area contributed by atoms with E-state index >= 15 is 0 Å². The molecular formula is C23H27N3O2S. The van der Waals surface area contributed by atoms with Gasteiger partial charge in [0.1, 0.15) is 0 Å². The van der Waals surface area contributed by atoms with E-state index in [1.807, 2.05) is 31.2 Å². The number of hydrogen-bond donors (Lipinski definition) is 2. The minimum atomic E-state index is -0.202. The normalized spacial score (nSPS) is 18.1. The van der Waals surface area contributed by atoms with Crippen LogP contribution in [0.3, 0.4) is 0 Å². The first-order valence-electron chi connectivity index (χ1n) is 10.4. The lowest BCUT2D eigenvalue weighted by Gasteiger charge is -2.14. The third-order valence-electron chi connectivity index (χ3n) is 5.70. The zero-order valence-corrected chi connectivity index (χ0v) is 17.6. The highest BCUT2D eigenvalue weighted by Crippen LogP contribution is 2.38. The van der Waals surface area contributed by atoms with Gasteiger partial charge in [-0.25, -0.2) is 4.98 Å². The fourth-order valence-corrected chi connectivity index (χ4v) is 5.04. The van der Waals surface area contributed by atoms with Crippen molar-refractivity contribution < 1.29 is 9.59 Å². The summed E-state index contributed by atoms with van der Waals surface area (Å²) in [6, 6.07) is 7.45. The second-order valence-corrected chi connectivity index (χ2v) is 8.97. The zero-order chi connectivity index (χ0) is 20.2. The van der Waals surface area contributed by atoms with Crippen LogP contribution in [-0.4, -0.2) is 23.3 Å². The Morgan fingerprint density at radius 1 is 1.17 bits per heavy atom. The summed E-state index contributed by atoms with van der Waals surface area (Å²) in [5, 5.41) is 6.55. The molecule has 1 aromatic carbocycles. The molecule has 1 atom stereocenters. The summed E-state index contributed by atoms with van der Waals surface area (Å²) < 4.78 is 0. The molecule has 0 fully saturated rings. The van der Waals surface area contributed by atoms with E-state index in [1.165, 1.54) is 42.6 Å². The quantitative estimate of drug-likeness (QED) is 0.677. The number of nitrogens with one attached hydrogen (secondary N) is 2. The van der Waals surface area contributed by atoms with E-state index in [1.54, 1.807) is 0 Å². The minimum absolute atomic E-state index is 0.0573. The zero-order valence-electron chi connectivity index (χ0n) is 16.8. The van der Waals surface area contributed by atoms with Crippen LogP contribution >= 0.6 is 11.3 Å². The third kappa shape index (κ3) is 4.75. The summed E-state index contributed by atoms with van der Waals surface area (Å²) in [6.45, 7) is 2.68. The Bertz CT molecular complexity index is 930. The fourth-order valence-electron chi connectivity index (χ4n) is 4.01. The molecule has 1 heterocycles. The van der Waals surface area contributed by atoms with Crippen molar-refractivity contribution in [1.29, 1.82) is 0 Å². The smallest absolute Gasteiger partial charge is 0.257 e. The Morgan fingerprint density at radius 2 is 2.00 bits per heavy atom. The second kappa shape index (κ2) is 8.91. The molecule has 0 saturated heterocycles. The first-order chi connectivity index (χ1) is 14.1. The lowest BCUT2D eigenvalue weighted by molar-refractivity contribution is -0.122. The maximum atomic E-state index is 12.7. The van der Waals surface area contributed by atoms with Crippen LogP contribution in [0.25, 0.3) is 0 Å². The molecule has 5 nitrogen and oxygen atoms in total. The van der Waals surface area contributed by atoms with Gasteiger partial charge >= 0.3 is 0 Å². The molecule has 0 spiro atoms. The molecule has 0 bridgehead atoms. The second-order valence-electron chi connectivity index (χ2n) is 7.89. The molecule has 2 aliphatic carbocycles. The minimum Gasteiger partial charge on any atom is -0.355 e. The Hall–Kier alpha value is -2.47.